The molecule has 58 valence electrons. The maximum Gasteiger partial charge on any atom is 0.305 e. The lowest BCUT2D eigenvalue weighted by Crippen LogP contribution is -2.16. The van der Waals surface area contributed by atoms with Crippen LogP contribution >= 0.6 is 0 Å². The van der Waals surface area contributed by atoms with Gasteiger partial charge < -0.3 is 9.47 Å². The number of hydrogen-bond donors (Lipinski definition) is 0. The normalized spacial score (nSPS) is 11.8. The molecule has 0 radical (unpaired) electrons. The highest BCUT2D eigenvalue weighted by molar-refractivity contribution is 5.66. The lowest BCUT2D eigenvalue weighted by atomic mass is 10.5. The summed E-state index contributed by atoms with van der Waals surface area (Å²) in [6, 6.07) is 0. The molecule has 0 fully saturated rings. The van der Waals surface area contributed by atoms with Crippen LogP contribution < -0.4 is 0 Å². The molecular formula is C7H12O3. The summed E-state index contributed by atoms with van der Waals surface area (Å²) in [6.45, 7) is 6.54. The van der Waals surface area contributed by atoms with Crippen molar-refractivity contribution >= 4 is 5.97 Å². The van der Waals surface area contributed by atoms with Gasteiger partial charge in [0.2, 0.25) is 6.29 Å². The average Bonchev–Trinajstić information content (AvgIpc) is 1.86. The minimum absolute atomic E-state index is 0.339. The van der Waals surface area contributed by atoms with Crippen molar-refractivity contribution in [2.75, 3.05) is 0 Å². The summed E-state index contributed by atoms with van der Waals surface area (Å²) in [6.07, 6.45) is 1.41. The lowest BCUT2D eigenvalue weighted by molar-refractivity contribution is -0.166. The van der Waals surface area contributed by atoms with E-state index in [0.717, 1.165) is 0 Å². The Bertz CT molecular complexity index is 120. The number of carbonyl (C=O) groups is 1. The van der Waals surface area contributed by atoms with Gasteiger partial charge in [-0.3, -0.25) is 4.79 Å². The molecule has 0 saturated heterocycles. The zero-order valence-corrected chi connectivity index (χ0v) is 6.29. The van der Waals surface area contributed by atoms with Crippen LogP contribution in [-0.2, 0) is 14.3 Å². The zero-order valence-electron chi connectivity index (χ0n) is 6.29. The minimum atomic E-state index is -0.477. The van der Waals surface area contributed by atoms with Crippen molar-refractivity contribution in [2.24, 2.45) is 0 Å². The first kappa shape index (κ1) is 9.01. The van der Waals surface area contributed by atoms with Crippen LogP contribution in [0, 0.1) is 0 Å². The van der Waals surface area contributed by atoms with E-state index in [9.17, 15) is 4.79 Å². The highest BCUT2D eigenvalue weighted by atomic mass is 16.7. The molecule has 1 atom stereocenters. The van der Waals surface area contributed by atoms with E-state index in [2.05, 4.69) is 6.58 Å². The van der Waals surface area contributed by atoms with Crippen molar-refractivity contribution in [1.29, 1.82) is 0 Å². The Balaban J connectivity index is 3.59. The van der Waals surface area contributed by atoms with E-state index in [4.69, 9.17) is 9.47 Å². The number of hydrogen-bond acceptors (Lipinski definition) is 3. The third-order valence-electron chi connectivity index (χ3n) is 0.879. The highest BCUT2D eigenvalue weighted by Crippen LogP contribution is 1.99. The van der Waals surface area contributed by atoms with Crippen LogP contribution in [0.1, 0.15) is 20.3 Å². The summed E-state index contributed by atoms with van der Waals surface area (Å²) in [5.74, 6) is -0.339. The molecule has 3 heteroatoms. The lowest BCUT2D eigenvalue weighted by Gasteiger charge is -2.12. The molecular weight excluding hydrogens is 132 g/mol. The smallest absolute Gasteiger partial charge is 0.305 e. The van der Waals surface area contributed by atoms with Crippen molar-refractivity contribution in [3.05, 3.63) is 12.8 Å². The summed E-state index contributed by atoms with van der Waals surface area (Å²) in [4.78, 5) is 10.4. The Hall–Kier alpha value is -0.990. The summed E-state index contributed by atoms with van der Waals surface area (Å²) in [5.41, 5.74) is 0. The second-order valence-corrected chi connectivity index (χ2v) is 1.75. The predicted octanol–water partition coefficient (Wildman–Crippen LogP) is 1.45. The highest BCUT2D eigenvalue weighted by Gasteiger charge is 2.06. The van der Waals surface area contributed by atoms with E-state index in [1.165, 1.54) is 13.2 Å². The van der Waals surface area contributed by atoms with E-state index in [1.54, 1.807) is 0 Å². The monoisotopic (exact) mass is 144 g/mol. The number of rotatable bonds is 4. The fourth-order valence-electron chi connectivity index (χ4n) is 0.500. The van der Waals surface area contributed by atoms with Gasteiger partial charge in [0.05, 0.1) is 6.26 Å². The fourth-order valence-corrected chi connectivity index (χ4v) is 0.500. The Labute approximate surface area is 60.6 Å². The predicted molar refractivity (Wildman–Crippen MR) is 37.1 cm³/mol. The van der Waals surface area contributed by atoms with E-state index in [0.29, 0.717) is 6.42 Å². The van der Waals surface area contributed by atoms with Crippen LogP contribution in [0.5, 0.6) is 0 Å². The zero-order chi connectivity index (χ0) is 7.98. The number of esters is 1. The number of ether oxygens (including phenoxy) is 2. The Morgan fingerprint density at radius 2 is 2.40 bits per heavy atom. The summed E-state index contributed by atoms with van der Waals surface area (Å²) >= 11 is 0. The second-order valence-electron chi connectivity index (χ2n) is 1.75. The molecule has 0 amide bonds. The van der Waals surface area contributed by atoms with Gasteiger partial charge in [-0.2, -0.15) is 0 Å². The molecule has 1 unspecified atom stereocenters. The van der Waals surface area contributed by atoms with Crippen molar-refractivity contribution in [2.45, 2.75) is 26.6 Å². The molecule has 0 heterocycles. The third kappa shape index (κ3) is 3.95. The molecule has 3 nitrogen and oxygen atoms in total. The first-order chi connectivity index (χ1) is 4.70. The number of carbonyl (C=O) groups excluding carboxylic acids is 1. The first-order valence-corrected chi connectivity index (χ1v) is 3.14. The van der Waals surface area contributed by atoms with Crippen LogP contribution in [-0.4, -0.2) is 12.3 Å². The summed E-state index contributed by atoms with van der Waals surface area (Å²) in [5, 5.41) is 0. The summed E-state index contributed by atoms with van der Waals surface area (Å²) in [7, 11) is 0. The molecule has 0 aromatic heterocycles. The van der Waals surface area contributed by atoms with Gasteiger partial charge in [-0.15, -0.1) is 0 Å². The van der Waals surface area contributed by atoms with Crippen LogP contribution in [0.3, 0.4) is 0 Å². The SMILES string of the molecule is C=COC(CC)OC(C)=O. The van der Waals surface area contributed by atoms with E-state index in [-0.39, 0.29) is 5.97 Å². The quantitative estimate of drug-likeness (QED) is 0.340. The molecule has 0 saturated carbocycles. The fraction of sp³-hybridized carbons (Fsp3) is 0.571. The molecule has 0 N–H and O–H groups in total. The van der Waals surface area contributed by atoms with Gasteiger partial charge in [-0.1, -0.05) is 13.5 Å². The van der Waals surface area contributed by atoms with Crippen molar-refractivity contribution in [3.63, 3.8) is 0 Å². The van der Waals surface area contributed by atoms with Gasteiger partial charge >= 0.3 is 5.97 Å². The van der Waals surface area contributed by atoms with Gasteiger partial charge in [0.15, 0.2) is 0 Å². The van der Waals surface area contributed by atoms with Crippen LogP contribution in [0.25, 0.3) is 0 Å². The van der Waals surface area contributed by atoms with Gasteiger partial charge in [-0.05, 0) is 0 Å². The van der Waals surface area contributed by atoms with Crippen molar-refractivity contribution in [1.82, 2.24) is 0 Å². The van der Waals surface area contributed by atoms with Gasteiger partial charge in [0.25, 0.3) is 0 Å². The second kappa shape index (κ2) is 4.85. The molecule has 0 spiro atoms. The van der Waals surface area contributed by atoms with Gasteiger partial charge in [0.1, 0.15) is 0 Å². The standard InChI is InChI=1S/C7H12O3/c1-4-7(9-5-2)10-6(3)8/h5,7H,2,4H2,1,3H3. The molecule has 0 aliphatic carbocycles. The molecule has 0 rings (SSSR count). The van der Waals surface area contributed by atoms with E-state index < -0.39 is 6.29 Å². The Kier molecular flexibility index (Phi) is 4.37. The van der Waals surface area contributed by atoms with Crippen LogP contribution in [0.4, 0.5) is 0 Å². The van der Waals surface area contributed by atoms with Crippen LogP contribution in [0.2, 0.25) is 0 Å². The maximum absolute atomic E-state index is 10.4. The minimum Gasteiger partial charge on any atom is -0.463 e. The molecule has 0 aromatic carbocycles. The van der Waals surface area contributed by atoms with Crippen molar-refractivity contribution < 1.29 is 14.3 Å². The summed E-state index contributed by atoms with van der Waals surface area (Å²) < 4.78 is 9.53. The molecule has 0 aliphatic rings. The molecule has 0 aliphatic heterocycles. The van der Waals surface area contributed by atoms with Crippen molar-refractivity contribution in [3.8, 4) is 0 Å². The molecule has 0 aromatic rings. The topological polar surface area (TPSA) is 35.5 Å². The third-order valence-corrected chi connectivity index (χ3v) is 0.879. The largest absolute Gasteiger partial charge is 0.463 e. The first-order valence-electron chi connectivity index (χ1n) is 3.14. The van der Waals surface area contributed by atoms with Gasteiger partial charge in [0, 0.05) is 13.3 Å². The van der Waals surface area contributed by atoms with E-state index in [1.807, 2.05) is 6.92 Å². The van der Waals surface area contributed by atoms with Crippen LogP contribution in [0.15, 0.2) is 12.8 Å². The average molecular weight is 144 g/mol. The van der Waals surface area contributed by atoms with E-state index >= 15 is 0 Å². The maximum atomic E-state index is 10.4. The molecule has 10 heavy (non-hydrogen) atoms. The Morgan fingerprint density at radius 3 is 2.70 bits per heavy atom. The van der Waals surface area contributed by atoms with Gasteiger partial charge in [-0.25, -0.2) is 0 Å². The molecule has 0 bridgehead atoms. The Morgan fingerprint density at radius 1 is 1.80 bits per heavy atom.